The molecule has 2 atom stereocenters. The van der Waals surface area contributed by atoms with Crippen molar-refractivity contribution in [2.75, 3.05) is 26.0 Å². The maximum atomic E-state index is 10.3. The van der Waals surface area contributed by atoms with E-state index in [2.05, 4.69) is 10.3 Å². The molecule has 2 unspecified atom stereocenters. The van der Waals surface area contributed by atoms with E-state index in [0.29, 0.717) is 11.0 Å². The van der Waals surface area contributed by atoms with Crippen LogP contribution < -0.4 is 5.32 Å². The second kappa shape index (κ2) is 7.89. The molecule has 1 aromatic heterocycles. The lowest BCUT2D eigenvalue weighted by Crippen LogP contribution is -2.37. The van der Waals surface area contributed by atoms with Crippen LogP contribution in [0.15, 0.2) is 30.5 Å². The van der Waals surface area contributed by atoms with Gasteiger partial charge in [-0.25, -0.2) is 4.98 Å². The number of hydrogen-bond acceptors (Lipinski definition) is 6. The predicted molar refractivity (Wildman–Crippen MR) is 90.4 cm³/mol. The quantitative estimate of drug-likeness (QED) is 0.721. The van der Waals surface area contributed by atoms with Crippen LogP contribution in [-0.2, 0) is 6.54 Å². The Labute approximate surface area is 139 Å². The topological polar surface area (TPSA) is 68.6 Å². The van der Waals surface area contributed by atoms with Gasteiger partial charge in [0.1, 0.15) is 0 Å². The van der Waals surface area contributed by atoms with Crippen molar-refractivity contribution in [1.29, 1.82) is 0 Å². The van der Waals surface area contributed by atoms with Crippen LogP contribution in [-0.4, -0.2) is 46.8 Å². The van der Waals surface area contributed by atoms with Crippen molar-refractivity contribution in [2.45, 2.75) is 18.7 Å². The summed E-state index contributed by atoms with van der Waals surface area (Å²) in [5, 5.41) is 23.0. The van der Waals surface area contributed by atoms with Crippen LogP contribution in [0.25, 0.3) is 0 Å². The van der Waals surface area contributed by atoms with Gasteiger partial charge in [0.25, 0.3) is 0 Å². The van der Waals surface area contributed by atoms with Gasteiger partial charge in [-0.15, -0.1) is 11.3 Å². The Hall–Kier alpha value is -1.18. The number of hydrogen-bond donors (Lipinski definition) is 3. The van der Waals surface area contributed by atoms with E-state index < -0.39 is 6.10 Å². The molecule has 120 valence electrons. The van der Waals surface area contributed by atoms with Gasteiger partial charge in [-0.2, -0.15) is 0 Å². The molecule has 5 nitrogen and oxygen atoms in total. The van der Waals surface area contributed by atoms with E-state index in [1.807, 2.05) is 43.3 Å². The highest BCUT2D eigenvalue weighted by Crippen LogP contribution is 2.23. The molecule has 0 radical (unpaired) electrons. The average Bonchev–Trinajstić information content (AvgIpc) is 2.91. The predicted octanol–water partition coefficient (Wildman–Crippen LogP) is 2.36. The lowest BCUT2D eigenvalue weighted by molar-refractivity contribution is 0.0390. The molecule has 3 N–H and O–H groups in total. The van der Waals surface area contributed by atoms with Crippen molar-refractivity contribution in [2.24, 2.45) is 0 Å². The van der Waals surface area contributed by atoms with Gasteiger partial charge < -0.3 is 20.4 Å². The summed E-state index contributed by atoms with van der Waals surface area (Å²) < 4.78 is 0.536. The van der Waals surface area contributed by atoms with Crippen LogP contribution in [0.1, 0.15) is 16.5 Å². The van der Waals surface area contributed by atoms with Crippen LogP contribution in [0.3, 0.4) is 0 Å². The van der Waals surface area contributed by atoms with Crippen molar-refractivity contribution in [3.63, 3.8) is 0 Å². The Morgan fingerprint density at radius 3 is 2.50 bits per heavy atom. The largest absolute Gasteiger partial charge is 0.395 e. The number of thiazole rings is 1. The summed E-state index contributed by atoms with van der Waals surface area (Å²) in [4.78, 5) is 6.86. The third kappa shape index (κ3) is 4.41. The minimum absolute atomic E-state index is 0.0969. The second-order valence-electron chi connectivity index (χ2n) is 5.21. The van der Waals surface area contributed by atoms with Gasteiger partial charge in [-0.3, -0.25) is 0 Å². The Bertz CT molecular complexity index is 589. The maximum absolute atomic E-state index is 10.3. The summed E-state index contributed by atoms with van der Waals surface area (Å²) in [5.74, 6) is 0. The van der Waals surface area contributed by atoms with E-state index >= 15 is 0 Å². The number of aliphatic hydroxyl groups is 2. The summed E-state index contributed by atoms with van der Waals surface area (Å²) in [6, 6.07) is 7.21. The first-order valence-electron chi connectivity index (χ1n) is 6.90. The third-order valence-corrected chi connectivity index (χ3v) is 4.57. The fraction of sp³-hybridized carbons (Fsp3) is 0.400. The normalized spacial score (nSPS) is 14.1. The van der Waals surface area contributed by atoms with E-state index in [0.717, 1.165) is 16.1 Å². The molecule has 0 aliphatic carbocycles. The third-order valence-electron chi connectivity index (χ3n) is 3.46. The Kier molecular flexibility index (Phi) is 6.16. The molecule has 0 saturated heterocycles. The fourth-order valence-corrected chi connectivity index (χ4v) is 3.04. The zero-order chi connectivity index (χ0) is 16.1. The van der Waals surface area contributed by atoms with Gasteiger partial charge in [-0.1, -0.05) is 23.7 Å². The summed E-state index contributed by atoms with van der Waals surface area (Å²) >= 11 is 7.24. The molecule has 0 spiro atoms. The summed E-state index contributed by atoms with van der Waals surface area (Å²) in [5.41, 5.74) is 1.73. The van der Waals surface area contributed by atoms with Crippen molar-refractivity contribution in [3.05, 3.63) is 45.4 Å². The molecule has 2 rings (SSSR count). The Balaban J connectivity index is 1.97. The summed E-state index contributed by atoms with van der Waals surface area (Å²) in [6.45, 7) is 0.559. The van der Waals surface area contributed by atoms with Crippen LogP contribution in [0.5, 0.6) is 0 Å². The highest BCUT2D eigenvalue weighted by atomic mass is 35.5. The minimum atomic E-state index is -0.727. The van der Waals surface area contributed by atoms with Gasteiger partial charge in [-0.05, 0) is 31.8 Å². The highest BCUT2D eigenvalue weighted by Gasteiger charge is 2.21. The number of aliphatic hydroxyl groups excluding tert-OH is 2. The monoisotopic (exact) mass is 341 g/mol. The number of nitrogens with one attached hydrogen (secondary N) is 1. The molecule has 2 aromatic rings. The highest BCUT2D eigenvalue weighted by molar-refractivity contribution is 7.15. The number of rotatable bonds is 7. The number of nitrogens with zero attached hydrogens (tertiary/aromatic N) is 2. The van der Waals surface area contributed by atoms with E-state index in [4.69, 9.17) is 11.6 Å². The standard InChI is InChI=1S/C15H20ClN3O2S/c1-19(2)13(9-20)14(21)10-3-5-11(6-4-10)17-7-12-8-18-15(16)22-12/h3-6,8,13-14,17,20-21H,7,9H2,1-2H3. The summed E-state index contributed by atoms with van der Waals surface area (Å²) in [6.07, 6.45) is 1.02. The summed E-state index contributed by atoms with van der Waals surface area (Å²) in [7, 11) is 3.67. The van der Waals surface area contributed by atoms with Gasteiger partial charge in [0, 0.05) is 16.8 Å². The van der Waals surface area contributed by atoms with Crippen molar-refractivity contribution < 1.29 is 10.2 Å². The maximum Gasteiger partial charge on any atom is 0.183 e. The number of aromatic nitrogens is 1. The van der Waals surface area contributed by atoms with Crippen LogP contribution in [0.4, 0.5) is 5.69 Å². The lowest BCUT2D eigenvalue weighted by atomic mass is 10.0. The Morgan fingerprint density at radius 1 is 1.32 bits per heavy atom. The first kappa shape index (κ1) is 17.2. The zero-order valence-corrected chi connectivity index (χ0v) is 14.1. The lowest BCUT2D eigenvalue weighted by Gasteiger charge is -2.27. The first-order chi connectivity index (χ1) is 10.5. The average molecular weight is 342 g/mol. The Morgan fingerprint density at radius 2 is 2.00 bits per heavy atom. The molecule has 0 amide bonds. The minimum Gasteiger partial charge on any atom is -0.395 e. The smallest absolute Gasteiger partial charge is 0.183 e. The second-order valence-corrected chi connectivity index (χ2v) is 6.91. The molecular weight excluding hydrogens is 322 g/mol. The van der Waals surface area contributed by atoms with Crippen LogP contribution in [0, 0.1) is 0 Å². The zero-order valence-electron chi connectivity index (χ0n) is 12.5. The van der Waals surface area contributed by atoms with Crippen LogP contribution in [0.2, 0.25) is 4.47 Å². The molecule has 0 aliphatic rings. The molecule has 22 heavy (non-hydrogen) atoms. The van der Waals surface area contributed by atoms with Crippen LogP contribution >= 0.6 is 22.9 Å². The SMILES string of the molecule is CN(C)C(CO)C(O)c1ccc(NCc2cnc(Cl)s2)cc1. The van der Waals surface area contributed by atoms with Crippen molar-refractivity contribution in [3.8, 4) is 0 Å². The number of benzene rings is 1. The van der Waals surface area contributed by atoms with Crippen molar-refractivity contribution >= 4 is 28.6 Å². The first-order valence-corrected chi connectivity index (χ1v) is 8.10. The molecule has 0 aliphatic heterocycles. The van der Waals surface area contributed by atoms with Gasteiger partial charge in [0.05, 0.1) is 25.3 Å². The molecule has 1 aromatic carbocycles. The van der Waals surface area contributed by atoms with Crippen molar-refractivity contribution in [1.82, 2.24) is 9.88 Å². The molecular formula is C15H20ClN3O2S. The van der Waals surface area contributed by atoms with Gasteiger partial charge in [0.15, 0.2) is 4.47 Å². The van der Waals surface area contributed by atoms with E-state index in [9.17, 15) is 10.2 Å². The molecule has 1 heterocycles. The molecule has 7 heteroatoms. The van der Waals surface area contributed by atoms with Gasteiger partial charge >= 0.3 is 0 Å². The fourth-order valence-electron chi connectivity index (χ4n) is 2.12. The number of anilines is 1. The van der Waals surface area contributed by atoms with E-state index in [1.54, 1.807) is 6.20 Å². The number of likely N-dealkylation sites (N-methyl/N-ethyl adjacent to an activating group) is 1. The van der Waals surface area contributed by atoms with E-state index in [-0.39, 0.29) is 12.6 Å². The van der Waals surface area contributed by atoms with Gasteiger partial charge in [0.2, 0.25) is 0 Å². The number of halogens is 1. The molecule has 0 saturated carbocycles. The molecule has 0 fully saturated rings. The molecule has 0 bridgehead atoms. The van der Waals surface area contributed by atoms with E-state index in [1.165, 1.54) is 11.3 Å².